The van der Waals surface area contributed by atoms with E-state index in [1.54, 1.807) is 7.05 Å². The second-order valence-corrected chi connectivity index (χ2v) is 7.02. The molecule has 0 unspecified atom stereocenters. The Kier molecular flexibility index (Phi) is 5.05. The quantitative estimate of drug-likeness (QED) is 0.516. The van der Waals surface area contributed by atoms with E-state index >= 15 is 0 Å². The fourth-order valence-electron chi connectivity index (χ4n) is 1.67. The molecule has 0 saturated carbocycles. The lowest BCUT2D eigenvalue weighted by Crippen LogP contribution is -2.38. The normalized spacial score (nSPS) is 11.3. The number of thioether (sulfide) groups is 1. The van der Waals surface area contributed by atoms with Gasteiger partial charge in [-0.15, -0.1) is 0 Å². The number of hydrogen-bond acceptors (Lipinski definition) is 5. The lowest BCUT2D eigenvalue weighted by molar-refractivity contribution is -0.186. The average Bonchev–Trinajstić information content (AvgIpc) is 2.46. The number of carbonyl (C=O) groups is 1. The standard InChI is InChI=1S/C16H17NO3S2/c1-16(2,19)14(18)20-17(3)15(21)22-13-9-8-11-6-4-5-7-12(11)10-13/h4-10,19H,1-3H3. The first-order valence-electron chi connectivity index (χ1n) is 6.66. The molecule has 0 heterocycles. The van der Waals surface area contributed by atoms with Crippen LogP contribution in [-0.2, 0) is 9.63 Å². The van der Waals surface area contributed by atoms with Crippen molar-refractivity contribution in [1.82, 2.24) is 5.06 Å². The monoisotopic (exact) mass is 335 g/mol. The number of hydroxylamine groups is 2. The molecule has 0 aliphatic heterocycles. The Morgan fingerprint density at radius 2 is 1.86 bits per heavy atom. The fraction of sp³-hybridized carbons (Fsp3) is 0.250. The van der Waals surface area contributed by atoms with Gasteiger partial charge < -0.3 is 9.94 Å². The number of carbonyl (C=O) groups excluding carboxylic acids is 1. The Hall–Kier alpha value is -1.63. The highest BCUT2D eigenvalue weighted by molar-refractivity contribution is 8.22. The van der Waals surface area contributed by atoms with E-state index in [9.17, 15) is 9.90 Å². The molecule has 2 aromatic rings. The van der Waals surface area contributed by atoms with Crippen LogP contribution in [0.4, 0.5) is 0 Å². The average molecular weight is 335 g/mol. The smallest absolute Gasteiger partial charge is 0.363 e. The Balaban J connectivity index is 2.05. The van der Waals surface area contributed by atoms with E-state index in [0.717, 1.165) is 15.7 Å². The van der Waals surface area contributed by atoms with Crippen molar-refractivity contribution in [2.75, 3.05) is 7.05 Å². The first-order valence-corrected chi connectivity index (χ1v) is 7.89. The molecular weight excluding hydrogens is 318 g/mol. The number of aliphatic hydroxyl groups is 1. The molecule has 2 aromatic carbocycles. The fourth-order valence-corrected chi connectivity index (χ4v) is 2.68. The van der Waals surface area contributed by atoms with Crippen molar-refractivity contribution in [3.05, 3.63) is 42.5 Å². The minimum absolute atomic E-state index is 0.382. The molecule has 0 radical (unpaired) electrons. The van der Waals surface area contributed by atoms with Crippen LogP contribution in [-0.4, -0.2) is 33.1 Å². The summed E-state index contributed by atoms with van der Waals surface area (Å²) in [6.07, 6.45) is 0. The molecule has 2 rings (SSSR count). The lowest BCUT2D eigenvalue weighted by atomic mass is 10.1. The number of thiocarbonyl (C=S) groups is 1. The minimum Gasteiger partial charge on any atom is -0.379 e. The van der Waals surface area contributed by atoms with Crippen molar-refractivity contribution in [3.63, 3.8) is 0 Å². The third kappa shape index (κ3) is 4.19. The topological polar surface area (TPSA) is 49.8 Å². The third-order valence-electron chi connectivity index (χ3n) is 2.90. The number of hydrogen-bond donors (Lipinski definition) is 1. The number of rotatable bonds is 2. The predicted octanol–water partition coefficient (Wildman–Crippen LogP) is 3.38. The summed E-state index contributed by atoms with van der Waals surface area (Å²) in [6.45, 7) is 2.73. The van der Waals surface area contributed by atoms with Crippen LogP contribution in [0.1, 0.15) is 13.8 Å². The van der Waals surface area contributed by atoms with Crippen LogP contribution in [0.15, 0.2) is 47.4 Å². The van der Waals surface area contributed by atoms with E-state index in [4.69, 9.17) is 17.1 Å². The van der Waals surface area contributed by atoms with Gasteiger partial charge in [0.05, 0.1) is 0 Å². The number of benzene rings is 2. The number of nitrogens with zero attached hydrogens (tertiary/aromatic N) is 1. The Bertz CT molecular complexity index is 710. The van der Waals surface area contributed by atoms with Crippen LogP contribution < -0.4 is 0 Å². The summed E-state index contributed by atoms with van der Waals surface area (Å²) in [6, 6.07) is 14.0. The highest BCUT2D eigenvalue weighted by Gasteiger charge is 2.28. The van der Waals surface area contributed by atoms with E-state index in [1.165, 1.54) is 30.7 Å². The second-order valence-electron chi connectivity index (χ2n) is 5.31. The third-order valence-corrected chi connectivity index (χ3v) is 4.33. The van der Waals surface area contributed by atoms with Crippen LogP contribution >= 0.6 is 24.0 Å². The van der Waals surface area contributed by atoms with Crippen LogP contribution in [0.25, 0.3) is 10.8 Å². The van der Waals surface area contributed by atoms with Crippen molar-refractivity contribution in [3.8, 4) is 0 Å². The Labute approximate surface area is 139 Å². The van der Waals surface area contributed by atoms with E-state index in [-0.39, 0.29) is 0 Å². The first-order chi connectivity index (χ1) is 10.3. The van der Waals surface area contributed by atoms with Crippen LogP contribution in [0, 0.1) is 0 Å². The summed E-state index contributed by atoms with van der Waals surface area (Å²) in [5.74, 6) is -0.753. The summed E-state index contributed by atoms with van der Waals surface area (Å²) < 4.78 is 0.382. The Morgan fingerprint density at radius 1 is 1.23 bits per heavy atom. The van der Waals surface area contributed by atoms with Crippen molar-refractivity contribution in [2.24, 2.45) is 0 Å². The minimum atomic E-state index is -1.56. The predicted molar refractivity (Wildman–Crippen MR) is 92.6 cm³/mol. The highest BCUT2D eigenvalue weighted by Crippen LogP contribution is 2.26. The summed E-state index contributed by atoms with van der Waals surface area (Å²) in [5, 5.41) is 13.0. The van der Waals surface area contributed by atoms with Gasteiger partial charge in [-0.2, -0.15) is 5.06 Å². The van der Waals surface area contributed by atoms with Gasteiger partial charge in [0.25, 0.3) is 0 Å². The van der Waals surface area contributed by atoms with Crippen molar-refractivity contribution >= 4 is 45.0 Å². The maximum absolute atomic E-state index is 11.6. The van der Waals surface area contributed by atoms with Gasteiger partial charge in [0.15, 0.2) is 9.92 Å². The van der Waals surface area contributed by atoms with Gasteiger partial charge in [-0.1, -0.05) is 42.1 Å². The summed E-state index contributed by atoms with van der Waals surface area (Å²) in [4.78, 5) is 17.6. The van der Waals surface area contributed by atoms with E-state index in [1.807, 2.05) is 42.5 Å². The molecule has 0 fully saturated rings. The number of fused-ring (bicyclic) bond motifs is 1. The second kappa shape index (κ2) is 6.64. The summed E-state index contributed by atoms with van der Waals surface area (Å²) >= 11 is 6.57. The van der Waals surface area contributed by atoms with Crippen LogP contribution in [0.3, 0.4) is 0 Å². The first kappa shape index (κ1) is 16.7. The zero-order chi connectivity index (χ0) is 16.3. The van der Waals surface area contributed by atoms with Crippen LogP contribution in [0.2, 0.25) is 0 Å². The molecular formula is C16H17NO3S2. The van der Waals surface area contributed by atoms with E-state index in [2.05, 4.69) is 0 Å². The van der Waals surface area contributed by atoms with Gasteiger partial charge in [-0.25, -0.2) is 4.79 Å². The maximum Gasteiger partial charge on any atom is 0.363 e. The van der Waals surface area contributed by atoms with Crippen molar-refractivity contribution < 1.29 is 14.7 Å². The lowest BCUT2D eigenvalue weighted by Gasteiger charge is -2.22. The molecule has 116 valence electrons. The van der Waals surface area contributed by atoms with Gasteiger partial charge >= 0.3 is 5.97 Å². The molecule has 6 heteroatoms. The molecule has 0 atom stereocenters. The van der Waals surface area contributed by atoms with E-state index in [0.29, 0.717) is 4.32 Å². The Morgan fingerprint density at radius 3 is 2.50 bits per heavy atom. The molecule has 0 spiro atoms. The summed E-state index contributed by atoms with van der Waals surface area (Å²) in [7, 11) is 1.54. The molecule has 22 heavy (non-hydrogen) atoms. The van der Waals surface area contributed by atoms with Crippen LogP contribution in [0.5, 0.6) is 0 Å². The van der Waals surface area contributed by atoms with E-state index < -0.39 is 11.6 Å². The van der Waals surface area contributed by atoms with Gasteiger partial charge in [-0.3, -0.25) is 0 Å². The molecule has 0 aliphatic rings. The van der Waals surface area contributed by atoms with Crippen molar-refractivity contribution in [1.29, 1.82) is 0 Å². The zero-order valence-electron chi connectivity index (χ0n) is 12.6. The molecule has 0 saturated heterocycles. The molecule has 0 aromatic heterocycles. The SMILES string of the molecule is CN(OC(=O)C(C)(C)O)C(=S)Sc1ccc2ccccc2c1. The molecule has 0 amide bonds. The van der Waals surface area contributed by atoms with Crippen molar-refractivity contribution in [2.45, 2.75) is 24.3 Å². The van der Waals surface area contributed by atoms with Gasteiger partial charge in [0.1, 0.15) is 0 Å². The van der Waals surface area contributed by atoms with Gasteiger partial charge in [-0.05, 0) is 49.0 Å². The molecule has 0 aliphatic carbocycles. The molecule has 0 bridgehead atoms. The highest BCUT2D eigenvalue weighted by atomic mass is 32.2. The largest absolute Gasteiger partial charge is 0.379 e. The van der Waals surface area contributed by atoms with Gasteiger partial charge in [0.2, 0.25) is 0 Å². The molecule has 4 nitrogen and oxygen atoms in total. The van der Waals surface area contributed by atoms with Gasteiger partial charge in [0, 0.05) is 11.9 Å². The summed E-state index contributed by atoms with van der Waals surface area (Å²) in [5.41, 5.74) is -1.56. The molecule has 1 N–H and O–H groups in total. The maximum atomic E-state index is 11.6. The zero-order valence-corrected chi connectivity index (χ0v) is 14.2.